The molecular weight excluding hydrogens is 691 g/mol. The van der Waals surface area contributed by atoms with Gasteiger partial charge in [-0.3, -0.25) is 0 Å². The monoisotopic (exact) mass is 727 g/mol. The van der Waals surface area contributed by atoms with E-state index >= 15 is 0 Å². The molecule has 1 aromatic heterocycles. The molecule has 0 atom stereocenters. The molecule has 0 unspecified atom stereocenters. The van der Waals surface area contributed by atoms with Gasteiger partial charge < -0.3 is 9.32 Å². The summed E-state index contributed by atoms with van der Waals surface area (Å²) in [6, 6.07) is 80.9. The van der Waals surface area contributed by atoms with E-state index in [0.717, 1.165) is 44.6 Å². The van der Waals surface area contributed by atoms with Crippen molar-refractivity contribution in [3.05, 3.63) is 247 Å². The van der Waals surface area contributed by atoms with Gasteiger partial charge in [0.2, 0.25) is 0 Å². The fourth-order valence-corrected chi connectivity index (χ4v) is 9.24. The van der Waals surface area contributed by atoms with E-state index in [4.69, 9.17) is 4.42 Å². The van der Waals surface area contributed by atoms with Crippen molar-refractivity contribution in [3.63, 3.8) is 0 Å². The normalized spacial score (nSPS) is 12.7. The summed E-state index contributed by atoms with van der Waals surface area (Å²) in [5.41, 5.74) is 16.6. The number of furan rings is 1. The molecule has 0 amide bonds. The molecule has 0 saturated carbocycles. The topological polar surface area (TPSA) is 16.4 Å². The summed E-state index contributed by atoms with van der Waals surface area (Å²) in [4.78, 5) is 2.36. The van der Waals surface area contributed by atoms with Gasteiger partial charge in [0.25, 0.3) is 0 Å². The fourth-order valence-electron chi connectivity index (χ4n) is 9.24. The van der Waals surface area contributed by atoms with Gasteiger partial charge in [-0.05, 0) is 92.5 Å². The number of fused-ring (bicyclic) bond motifs is 6. The molecule has 11 rings (SSSR count). The van der Waals surface area contributed by atoms with Crippen molar-refractivity contribution in [2.24, 2.45) is 0 Å². The summed E-state index contributed by atoms with van der Waals surface area (Å²) in [5, 5.41) is 2.18. The first-order valence-corrected chi connectivity index (χ1v) is 19.6. The van der Waals surface area contributed by atoms with E-state index in [-0.39, 0.29) is 0 Å². The average molecular weight is 728 g/mol. The molecule has 0 N–H and O–H groups in total. The van der Waals surface area contributed by atoms with Gasteiger partial charge >= 0.3 is 0 Å². The third-order valence-electron chi connectivity index (χ3n) is 11.7. The van der Waals surface area contributed by atoms with Crippen LogP contribution in [0.5, 0.6) is 0 Å². The molecule has 0 bridgehead atoms. The van der Waals surface area contributed by atoms with Gasteiger partial charge in [-0.2, -0.15) is 0 Å². The van der Waals surface area contributed by atoms with E-state index in [0.29, 0.717) is 0 Å². The van der Waals surface area contributed by atoms with Crippen LogP contribution in [0, 0.1) is 0 Å². The van der Waals surface area contributed by atoms with Gasteiger partial charge in [-0.15, -0.1) is 0 Å². The quantitative estimate of drug-likeness (QED) is 0.163. The van der Waals surface area contributed by atoms with Crippen molar-refractivity contribution in [2.45, 2.75) is 5.41 Å². The third kappa shape index (κ3) is 5.26. The Morgan fingerprint density at radius 2 is 0.842 bits per heavy atom. The van der Waals surface area contributed by atoms with Crippen LogP contribution in [0.1, 0.15) is 22.3 Å². The third-order valence-corrected chi connectivity index (χ3v) is 11.7. The summed E-state index contributed by atoms with van der Waals surface area (Å²) < 4.78 is 7.04. The Labute approximate surface area is 332 Å². The fraction of sp³-hybridized carbons (Fsp3) is 0.0182. The number of rotatable bonds is 7. The second kappa shape index (κ2) is 13.4. The smallest absolute Gasteiger partial charge is 0.140 e. The number of hydrogen-bond donors (Lipinski definition) is 0. The molecular formula is C55H37NO. The van der Waals surface area contributed by atoms with Crippen LogP contribution in [0.25, 0.3) is 55.3 Å². The molecule has 0 aliphatic heterocycles. The van der Waals surface area contributed by atoms with Crippen molar-refractivity contribution in [2.75, 3.05) is 4.90 Å². The predicted octanol–water partition coefficient (Wildman–Crippen LogP) is 14.8. The molecule has 0 spiro atoms. The van der Waals surface area contributed by atoms with Crippen LogP contribution in [0.3, 0.4) is 0 Å². The Bertz CT molecular complexity index is 3010. The summed E-state index contributed by atoms with van der Waals surface area (Å²) in [6.07, 6.45) is 0. The lowest BCUT2D eigenvalue weighted by atomic mass is 9.67. The molecule has 2 heteroatoms. The summed E-state index contributed by atoms with van der Waals surface area (Å²) in [7, 11) is 0. The maximum atomic E-state index is 7.04. The lowest BCUT2D eigenvalue weighted by molar-refractivity contribution is 0.648. The highest BCUT2D eigenvalue weighted by Crippen LogP contribution is 2.57. The minimum atomic E-state index is -0.560. The zero-order chi connectivity index (χ0) is 37.8. The molecule has 10 aromatic rings. The van der Waals surface area contributed by atoms with Crippen molar-refractivity contribution in [1.82, 2.24) is 0 Å². The Hall–Kier alpha value is -7.42. The van der Waals surface area contributed by atoms with Crippen molar-refractivity contribution in [3.8, 4) is 33.4 Å². The Morgan fingerprint density at radius 3 is 1.53 bits per heavy atom. The highest BCUT2D eigenvalue weighted by atomic mass is 16.3. The van der Waals surface area contributed by atoms with Crippen LogP contribution in [0.4, 0.5) is 17.1 Å². The summed E-state index contributed by atoms with van der Waals surface area (Å²) in [6.45, 7) is 0. The molecule has 0 fully saturated rings. The first-order chi connectivity index (χ1) is 28.3. The molecule has 0 saturated heterocycles. The van der Waals surface area contributed by atoms with Crippen LogP contribution >= 0.6 is 0 Å². The minimum Gasteiger partial charge on any atom is -0.456 e. The van der Waals surface area contributed by atoms with E-state index in [1.807, 2.05) is 0 Å². The first-order valence-electron chi connectivity index (χ1n) is 19.6. The number of benzene rings is 9. The lowest BCUT2D eigenvalue weighted by Crippen LogP contribution is -2.28. The van der Waals surface area contributed by atoms with Gasteiger partial charge in [0, 0.05) is 33.4 Å². The number of anilines is 3. The molecule has 1 aliphatic rings. The van der Waals surface area contributed by atoms with Crippen LogP contribution in [-0.2, 0) is 5.41 Å². The minimum absolute atomic E-state index is 0.560. The van der Waals surface area contributed by atoms with Crippen LogP contribution < -0.4 is 4.90 Å². The maximum absolute atomic E-state index is 7.04. The maximum Gasteiger partial charge on any atom is 0.140 e. The molecule has 9 aromatic carbocycles. The number of para-hydroxylation sites is 1. The van der Waals surface area contributed by atoms with E-state index in [1.165, 1.54) is 50.1 Å². The number of nitrogens with zero attached hydrogens (tertiary/aromatic N) is 1. The highest BCUT2D eigenvalue weighted by molar-refractivity contribution is 6.09. The second-order valence-corrected chi connectivity index (χ2v) is 14.8. The van der Waals surface area contributed by atoms with Gasteiger partial charge in [0.15, 0.2) is 0 Å². The first kappa shape index (κ1) is 33.0. The SMILES string of the molecule is c1ccc(-c2ccc(N(c3cccc(-c4ccccc4)c3)c3ccc4oc5c(C6(c7ccccc7)c7ccccc7-c7ccccc76)cccc5c4c3)cc2)cc1. The molecule has 268 valence electrons. The summed E-state index contributed by atoms with van der Waals surface area (Å²) in [5.74, 6) is 0. The molecule has 57 heavy (non-hydrogen) atoms. The van der Waals surface area contributed by atoms with Crippen molar-refractivity contribution in [1.29, 1.82) is 0 Å². The van der Waals surface area contributed by atoms with Crippen molar-refractivity contribution >= 4 is 39.0 Å². The average Bonchev–Trinajstić information content (AvgIpc) is 3.82. The zero-order valence-electron chi connectivity index (χ0n) is 31.2. The van der Waals surface area contributed by atoms with Gasteiger partial charge in [-0.1, -0.05) is 182 Å². The molecule has 0 radical (unpaired) electrons. The van der Waals surface area contributed by atoms with Gasteiger partial charge in [-0.25, -0.2) is 0 Å². The Kier molecular flexibility index (Phi) is 7.75. The number of hydrogen-bond acceptors (Lipinski definition) is 2. The van der Waals surface area contributed by atoms with Crippen molar-refractivity contribution < 1.29 is 4.42 Å². The standard InChI is InChI=1S/C55H37NO/c1-4-16-38(17-5-1)40-30-32-43(33-31-40)56(44-23-14-20-41(36-44)39-18-6-2-7-19-39)45-34-35-53-49(37-45)48-26-15-29-52(54(48)57-53)55(42-21-8-3-9-22-42)50-27-12-10-24-46(50)47-25-11-13-28-51(47)55/h1-37H. The van der Waals surface area contributed by atoms with Crippen LogP contribution in [0.2, 0.25) is 0 Å². The largest absolute Gasteiger partial charge is 0.456 e. The molecule has 2 nitrogen and oxygen atoms in total. The summed E-state index contributed by atoms with van der Waals surface area (Å²) >= 11 is 0. The van der Waals surface area contributed by atoms with E-state index in [2.05, 4.69) is 229 Å². The zero-order valence-corrected chi connectivity index (χ0v) is 31.2. The second-order valence-electron chi connectivity index (χ2n) is 14.8. The van der Waals surface area contributed by atoms with E-state index < -0.39 is 5.41 Å². The van der Waals surface area contributed by atoms with Gasteiger partial charge in [0.1, 0.15) is 11.2 Å². The Morgan fingerprint density at radius 1 is 0.333 bits per heavy atom. The molecule has 1 aliphatic carbocycles. The molecule has 1 heterocycles. The van der Waals surface area contributed by atoms with E-state index in [1.54, 1.807) is 0 Å². The van der Waals surface area contributed by atoms with Crippen LogP contribution in [-0.4, -0.2) is 0 Å². The highest BCUT2D eigenvalue weighted by Gasteiger charge is 2.47. The van der Waals surface area contributed by atoms with Crippen LogP contribution in [0.15, 0.2) is 229 Å². The Balaban J connectivity index is 1.12. The van der Waals surface area contributed by atoms with Gasteiger partial charge in [0.05, 0.1) is 5.41 Å². The predicted molar refractivity (Wildman–Crippen MR) is 237 cm³/mol. The van der Waals surface area contributed by atoms with E-state index in [9.17, 15) is 0 Å². The lowest BCUT2D eigenvalue weighted by Gasteiger charge is -2.33.